The van der Waals surface area contributed by atoms with Crippen molar-refractivity contribution in [3.8, 4) is 5.75 Å². The molecule has 0 aliphatic heterocycles. The predicted octanol–water partition coefficient (Wildman–Crippen LogP) is 3.41. The van der Waals surface area contributed by atoms with E-state index in [2.05, 4.69) is 34.2 Å². The Labute approximate surface area is 148 Å². The molecule has 0 bridgehead atoms. The Bertz CT molecular complexity index is 511. The summed E-state index contributed by atoms with van der Waals surface area (Å²) in [6.45, 7) is 6.49. The number of halogens is 2. The van der Waals surface area contributed by atoms with Gasteiger partial charge in [-0.1, -0.05) is 32.0 Å². The van der Waals surface area contributed by atoms with E-state index in [-0.39, 0.29) is 12.3 Å². The summed E-state index contributed by atoms with van der Waals surface area (Å²) in [6, 6.07) is 6.68. The molecule has 0 saturated carbocycles. The zero-order chi connectivity index (χ0) is 18.5. The van der Waals surface area contributed by atoms with Crippen LogP contribution in [0.3, 0.4) is 0 Å². The zero-order valence-corrected chi connectivity index (χ0v) is 15.2. The van der Waals surface area contributed by atoms with Crippen molar-refractivity contribution >= 4 is 5.96 Å². The van der Waals surface area contributed by atoms with Gasteiger partial charge in [0.05, 0.1) is 6.54 Å². The highest BCUT2D eigenvalue weighted by atomic mass is 19.3. The zero-order valence-electron chi connectivity index (χ0n) is 15.2. The minimum absolute atomic E-state index is 0.152. The van der Waals surface area contributed by atoms with Crippen LogP contribution >= 0.6 is 0 Å². The molecule has 1 rings (SSSR count). The number of ether oxygens (including phenoxy) is 2. The van der Waals surface area contributed by atoms with Gasteiger partial charge in [-0.3, -0.25) is 0 Å². The van der Waals surface area contributed by atoms with E-state index in [0.717, 1.165) is 19.6 Å². The van der Waals surface area contributed by atoms with Crippen molar-refractivity contribution in [3.63, 3.8) is 0 Å². The number of nitrogens with zero attached hydrogens (tertiary/aromatic N) is 1. The molecule has 0 aromatic heterocycles. The third kappa shape index (κ3) is 9.86. The molecule has 0 amide bonds. The van der Waals surface area contributed by atoms with Crippen LogP contribution in [0.2, 0.25) is 0 Å². The molecule has 25 heavy (non-hydrogen) atoms. The van der Waals surface area contributed by atoms with Crippen LogP contribution in [-0.2, 0) is 11.3 Å². The van der Waals surface area contributed by atoms with E-state index in [9.17, 15) is 8.78 Å². The monoisotopic (exact) mass is 357 g/mol. The number of benzene rings is 1. The number of guanidine groups is 1. The van der Waals surface area contributed by atoms with Gasteiger partial charge in [0, 0.05) is 31.9 Å². The molecule has 0 aliphatic carbocycles. The van der Waals surface area contributed by atoms with Crippen molar-refractivity contribution in [1.29, 1.82) is 0 Å². The molecular formula is C18H29F2N3O2. The van der Waals surface area contributed by atoms with E-state index in [1.807, 2.05) is 6.92 Å². The Morgan fingerprint density at radius 1 is 1.20 bits per heavy atom. The van der Waals surface area contributed by atoms with E-state index in [1.54, 1.807) is 18.2 Å². The minimum Gasteiger partial charge on any atom is -0.434 e. The van der Waals surface area contributed by atoms with Crippen LogP contribution in [0, 0.1) is 5.92 Å². The summed E-state index contributed by atoms with van der Waals surface area (Å²) in [5.41, 5.74) is 0.611. The molecule has 0 radical (unpaired) electrons. The van der Waals surface area contributed by atoms with Crippen LogP contribution in [0.15, 0.2) is 29.3 Å². The first-order valence-electron chi connectivity index (χ1n) is 8.65. The largest absolute Gasteiger partial charge is 0.434 e. The van der Waals surface area contributed by atoms with Crippen LogP contribution in [-0.4, -0.2) is 38.9 Å². The summed E-state index contributed by atoms with van der Waals surface area (Å²) >= 11 is 0. The van der Waals surface area contributed by atoms with Gasteiger partial charge >= 0.3 is 6.61 Å². The van der Waals surface area contributed by atoms with Crippen LogP contribution in [0.4, 0.5) is 8.78 Å². The van der Waals surface area contributed by atoms with Crippen molar-refractivity contribution in [2.45, 2.75) is 40.3 Å². The first-order chi connectivity index (χ1) is 12.0. The van der Waals surface area contributed by atoms with E-state index in [4.69, 9.17) is 4.74 Å². The quantitative estimate of drug-likeness (QED) is 0.362. The molecule has 0 fully saturated rings. The average Bonchev–Trinajstić information content (AvgIpc) is 2.56. The molecule has 7 heteroatoms. The van der Waals surface area contributed by atoms with Crippen LogP contribution < -0.4 is 15.4 Å². The average molecular weight is 357 g/mol. The fourth-order valence-corrected chi connectivity index (χ4v) is 2.05. The number of rotatable bonds is 11. The molecule has 0 saturated heterocycles. The van der Waals surface area contributed by atoms with Gasteiger partial charge in [0.1, 0.15) is 5.75 Å². The molecular weight excluding hydrogens is 328 g/mol. The molecule has 0 heterocycles. The van der Waals surface area contributed by atoms with Gasteiger partial charge in [0.2, 0.25) is 0 Å². The lowest BCUT2D eigenvalue weighted by Crippen LogP contribution is -2.38. The summed E-state index contributed by atoms with van der Waals surface area (Å²) in [4.78, 5) is 4.43. The van der Waals surface area contributed by atoms with Crippen molar-refractivity contribution < 1.29 is 18.3 Å². The second kappa shape index (κ2) is 12.5. The Hall–Kier alpha value is -1.89. The number of nitrogens with one attached hydrogen (secondary N) is 2. The molecule has 1 aromatic carbocycles. The number of para-hydroxylation sites is 1. The number of alkyl halides is 2. The number of aliphatic imine (C=N–C) groups is 1. The minimum atomic E-state index is -2.85. The second-order valence-corrected chi connectivity index (χ2v) is 5.93. The second-order valence-electron chi connectivity index (χ2n) is 5.93. The highest BCUT2D eigenvalue weighted by Gasteiger charge is 2.08. The van der Waals surface area contributed by atoms with Crippen molar-refractivity contribution in [3.05, 3.63) is 29.8 Å². The van der Waals surface area contributed by atoms with Crippen molar-refractivity contribution in [2.24, 2.45) is 10.9 Å². The SMILES string of the molecule is CCNC(=NCc1ccccc1OC(F)F)NCCCOCC(C)C. The smallest absolute Gasteiger partial charge is 0.387 e. The van der Waals surface area contributed by atoms with Crippen LogP contribution in [0.25, 0.3) is 0 Å². The summed E-state index contributed by atoms with van der Waals surface area (Å²) in [5, 5.41) is 6.34. The molecule has 0 aliphatic rings. The van der Waals surface area contributed by atoms with Crippen molar-refractivity contribution in [1.82, 2.24) is 10.6 Å². The lowest BCUT2D eigenvalue weighted by Gasteiger charge is -2.13. The Morgan fingerprint density at radius 2 is 1.96 bits per heavy atom. The molecule has 1 aromatic rings. The molecule has 0 atom stereocenters. The number of hydrogen-bond acceptors (Lipinski definition) is 3. The van der Waals surface area contributed by atoms with Gasteiger partial charge in [-0.05, 0) is 25.3 Å². The fourth-order valence-electron chi connectivity index (χ4n) is 2.05. The third-order valence-corrected chi connectivity index (χ3v) is 3.15. The van der Waals surface area contributed by atoms with E-state index in [0.29, 0.717) is 30.6 Å². The maximum atomic E-state index is 12.4. The maximum absolute atomic E-state index is 12.4. The van der Waals surface area contributed by atoms with Gasteiger partial charge in [-0.25, -0.2) is 4.99 Å². The Morgan fingerprint density at radius 3 is 2.64 bits per heavy atom. The topological polar surface area (TPSA) is 54.9 Å². The van der Waals surface area contributed by atoms with E-state index < -0.39 is 6.61 Å². The lowest BCUT2D eigenvalue weighted by atomic mass is 10.2. The lowest BCUT2D eigenvalue weighted by molar-refractivity contribution is -0.0504. The molecule has 0 spiro atoms. The first kappa shape index (κ1) is 21.2. The molecule has 0 unspecified atom stereocenters. The molecule has 2 N–H and O–H groups in total. The predicted molar refractivity (Wildman–Crippen MR) is 96.2 cm³/mol. The first-order valence-corrected chi connectivity index (χ1v) is 8.65. The van der Waals surface area contributed by atoms with E-state index in [1.165, 1.54) is 6.07 Å². The van der Waals surface area contributed by atoms with Gasteiger partial charge in [-0.2, -0.15) is 8.78 Å². The maximum Gasteiger partial charge on any atom is 0.387 e. The summed E-state index contributed by atoms with van der Waals surface area (Å²) < 4.78 is 34.9. The van der Waals surface area contributed by atoms with Gasteiger partial charge in [0.15, 0.2) is 5.96 Å². The van der Waals surface area contributed by atoms with Gasteiger partial charge in [-0.15, -0.1) is 0 Å². The van der Waals surface area contributed by atoms with Gasteiger partial charge < -0.3 is 20.1 Å². The summed E-state index contributed by atoms with van der Waals surface area (Å²) in [7, 11) is 0. The Kier molecular flexibility index (Phi) is 10.6. The number of hydrogen-bond donors (Lipinski definition) is 2. The fraction of sp³-hybridized carbons (Fsp3) is 0.611. The summed E-state index contributed by atoms with van der Waals surface area (Å²) in [5.74, 6) is 1.32. The van der Waals surface area contributed by atoms with Crippen LogP contribution in [0.1, 0.15) is 32.8 Å². The Balaban J connectivity index is 2.50. The van der Waals surface area contributed by atoms with E-state index >= 15 is 0 Å². The normalized spacial score (nSPS) is 11.9. The molecule has 142 valence electrons. The molecule has 5 nitrogen and oxygen atoms in total. The standard InChI is InChI=1S/C18H29F2N3O2/c1-4-21-18(22-10-7-11-24-13-14(2)3)23-12-15-8-5-6-9-16(15)25-17(19)20/h5-6,8-9,14,17H,4,7,10-13H2,1-3H3,(H2,21,22,23). The highest BCUT2D eigenvalue weighted by molar-refractivity contribution is 5.79. The summed E-state index contributed by atoms with van der Waals surface area (Å²) in [6.07, 6.45) is 0.863. The highest BCUT2D eigenvalue weighted by Crippen LogP contribution is 2.20. The third-order valence-electron chi connectivity index (χ3n) is 3.15. The van der Waals surface area contributed by atoms with Crippen LogP contribution in [0.5, 0.6) is 5.75 Å². The van der Waals surface area contributed by atoms with Crippen molar-refractivity contribution in [2.75, 3.05) is 26.3 Å². The van der Waals surface area contributed by atoms with Gasteiger partial charge in [0.25, 0.3) is 0 Å².